The Morgan fingerprint density at radius 3 is 2.36 bits per heavy atom. The first-order valence-electron chi connectivity index (χ1n) is 9.94. The van der Waals surface area contributed by atoms with Crippen LogP contribution in [-0.2, 0) is 11.3 Å². The highest BCUT2D eigenvalue weighted by Gasteiger charge is 2.46. The molecule has 3 fully saturated rings. The number of amides is 1. The molecule has 3 aliphatic rings. The SMILES string of the molecule is O=C(OCc1ccccc1)N1CCN(C2CC3(CCCCC3)C2)CC1. The van der Waals surface area contributed by atoms with Crippen LogP contribution in [0.2, 0.25) is 0 Å². The predicted octanol–water partition coefficient (Wildman–Crippen LogP) is 4.05. The van der Waals surface area contributed by atoms with Gasteiger partial charge < -0.3 is 9.64 Å². The van der Waals surface area contributed by atoms with Crippen molar-refractivity contribution in [3.8, 4) is 0 Å². The lowest BCUT2D eigenvalue weighted by atomic mass is 9.58. The number of hydrogen-bond acceptors (Lipinski definition) is 3. The number of ether oxygens (including phenoxy) is 1. The number of carbonyl (C=O) groups excluding carboxylic acids is 1. The number of benzene rings is 1. The molecule has 0 aromatic heterocycles. The maximum atomic E-state index is 12.3. The van der Waals surface area contributed by atoms with E-state index in [0.29, 0.717) is 12.0 Å². The lowest BCUT2D eigenvalue weighted by molar-refractivity contribution is -0.0411. The van der Waals surface area contributed by atoms with Crippen molar-refractivity contribution in [2.45, 2.75) is 57.6 Å². The highest BCUT2D eigenvalue weighted by atomic mass is 16.6. The zero-order valence-electron chi connectivity index (χ0n) is 15.2. The first-order chi connectivity index (χ1) is 12.2. The van der Waals surface area contributed by atoms with E-state index in [9.17, 15) is 4.79 Å². The van der Waals surface area contributed by atoms with Gasteiger partial charge in [-0.2, -0.15) is 0 Å². The Bertz CT molecular complexity index is 567. The van der Waals surface area contributed by atoms with Crippen LogP contribution in [0.4, 0.5) is 4.79 Å². The van der Waals surface area contributed by atoms with Crippen molar-refractivity contribution in [1.82, 2.24) is 9.80 Å². The van der Waals surface area contributed by atoms with Crippen molar-refractivity contribution in [3.05, 3.63) is 35.9 Å². The fourth-order valence-electron chi connectivity index (χ4n) is 4.99. The summed E-state index contributed by atoms with van der Waals surface area (Å²) in [5, 5.41) is 0. The van der Waals surface area contributed by atoms with Gasteiger partial charge in [-0.25, -0.2) is 4.79 Å². The molecule has 4 rings (SSSR count). The topological polar surface area (TPSA) is 32.8 Å². The first-order valence-corrected chi connectivity index (χ1v) is 9.94. The van der Waals surface area contributed by atoms with Gasteiger partial charge in [0.05, 0.1) is 0 Å². The molecule has 0 unspecified atom stereocenters. The van der Waals surface area contributed by atoms with Gasteiger partial charge in [-0.1, -0.05) is 49.6 Å². The van der Waals surface area contributed by atoms with Crippen LogP contribution in [0.25, 0.3) is 0 Å². The van der Waals surface area contributed by atoms with Crippen LogP contribution in [0.1, 0.15) is 50.5 Å². The Morgan fingerprint density at radius 2 is 1.68 bits per heavy atom. The van der Waals surface area contributed by atoms with Crippen molar-refractivity contribution < 1.29 is 9.53 Å². The number of carbonyl (C=O) groups is 1. The van der Waals surface area contributed by atoms with Gasteiger partial charge in [-0.15, -0.1) is 0 Å². The second kappa shape index (κ2) is 7.36. The molecule has 2 saturated carbocycles. The summed E-state index contributed by atoms with van der Waals surface area (Å²) in [7, 11) is 0. The largest absolute Gasteiger partial charge is 0.445 e. The predicted molar refractivity (Wildman–Crippen MR) is 98.3 cm³/mol. The van der Waals surface area contributed by atoms with Crippen molar-refractivity contribution in [2.75, 3.05) is 26.2 Å². The van der Waals surface area contributed by atoms with Crippen LogP contribution < -0.4 is 0 Å². The fourth-order valence-corrected chi connectivity index (χ4v) is 4.99. The molecule has 4 nitrogen and oxygen atoms in total. The summed E-state index contributed by atoms with van der Waals surface area (Å²) in [6.45, 7) is 3.97. The van der Waals surface area contributed by atoms with Crippen molar-refractivity contribution in [3.63, 3.8) is 0 Å². The number of piperazine rings is 1. The summed E-state index contributed by atoms with van der Waals surface area (Å²) < 4.78 is 5.46. The number of nitrogens with zero attached hydrogens (tertiary/aromatic N) is 2. The molecule has 1 amide bonds. The van der Waals surface area contributed by atoms with E-state index < -0.39 is 0 Å². The van der Waals surface area contributed by atoms with E-state index in [1.54, 1.807) is 0 Å². The molecule has 1 saturated heterocycles. The molecule has 0 atom stereocenters. The molecule has 4 heteroatoms. The van der Waals surface area contributed by atoms with E-state index in [4.69, 9.17) is 4.74 Å². The van der Waals surface area contributed by atoms with E-state index in [0.717, 1.165) is 37.8 Å². The Balaban J connectivity index is 1.19. The summed E-state index contributed by atoms with van der Waals surface area (Å²) in [4.78, 5) is 16.7. The smallest absolute Gasteiger partial charge is 0.410 e. The minimum atomic E-state index is -0.166. The standard InChI is InChI=1S/C21H30N2O2/c24-20(25-17-18-7-3-1-4-8-18)23-13-11-22(12-14-23)19-15-21(16-19)9-5-2-6-10-21/h1,3-4,7-8,19H,2,5-6,9-17H2. The van der Waals surface area contributed by atoms with Gasteiger partial charge >= 0.3 is 6.09 Å². The average Bonchev–Trinajstić information content (AvgIpc) is 2.66. The van der Waals surface area contributed by atoms with Crippen molar-refractivity contribution in [2.24, 2.45) is 5.41 Å². The van der Waals surface area contributed by atoms with Crippen LogP contribution in [0.15, 0.2) is 30.3 Å². The molecule has 1 aromatic rings. The quantitative estimate of drug-likeness (QED) is 0.831. The first kappa shape index (κ1) is 16.9. The van der Waals surface area contributed by atoms with E-state index in [1.165, 1.54) is 44.9 Å². The molecule has 0 radical (unpaired) electrons. The molecule has 136 valence electrons. The van der Waals surface area contributed by atoms with Crippen LogP contribution in [0.3, 0.4) is 0 Å². The molecule has 1 aromatic carbocycles. The highest BCUT2D eigenvalue weighted by Crippen LogP contribution is 2.53. The average molecular weight is 342 g/mol. The Hall–Kier alpha value is -1.55. The Kier molecular flexibility index (Phi) is 4.98. The molecule has 1 aliphatic heterocycles. The Labute approximate surface area is 151 Å². The lowest BCUT2D eigenvalue weighted by Crippen LogP contribution is -2.58. The summed E-state index contributed by atoms with van der Waals surface area (Å²) in [6, 6.07) is 10.7. The second-order valence-corrected chi connectivity index (χ2v) is 8.19. The second-order valence-electron chi connectivity index (χ2n) is 8.19. The van der Waals surface area contributed by atoms with Gasteiger partial charge in [0.2, 0.25) is 0 Å². The van der Waals surface area contributed by atoms with E-state index in [1.807, 2.05) is 35.2 Å². The monoisotopic (exact) mass is 342 g/mol. The van der Waals surface area contributed by atoms with Crippen LogP contribution >= 0.6 is 0 Å². The molecular formula is C21H30N2O2. The highest BCUT2D eigenvalue weighted by molar-refractivity contribution is 5.67. The molecule has 1 heterocycles. The maximum absolute atomic E-state index is 12.3. The van der Waals surface area contributed by atoms with Crippen molar-refractivity contribution in [1.29, 1.82) is 0 Å². The summed E-state index contributed by atoms with van der Waals surface area (Å²) in [5.74, 6) is 0. The third kappa shape index (κ3) is 3.84. The lowest BCUT2D eigenvalue weighted by Gasteiger charge is -2.55. The van der Waals surface area contributed by atoms with Crippen LogP contribution in [0, 0.1) is 5.41 Å². The molecular weight excluding hydrogens is 312 g/mol. The minimum absolute atomic E-state index is 0.166. The van der Waals surface area contributed by atoms with Gasteiger partial charge in [-0.05, 0) is 36.7 Å². The van der Waals surface area contributed by atoms with E-state index in [-0.39, 0.29) is 6.09 Å². The third-order valence-electron chi connectivity index (χ3n) is 6.55. The van der Waals surface area contributed by atoms with E-state index >= 15 is 0 Å². The molecule has 2 aliphatic carbocycles. The summed E-state index contributed by atoms with van der Waals surface area (Å²) >= 11 is 0. The zero-order valence-corrected chi connectivity index (χ0v) is 15.2. The van der Waals surface area contributed by atoms with Crippen molar-refractivity contribution >= 4 is 6.09 Å². The third-order valence-corrected chi connectivity index (χ3v) is 6.55. The van der Waals surface area contributed by atoms with Crippen LogP contribution in [-0.4, -0.2) is 48.1 Å². The Morgan fingerprint density at radius 1 is 1.00 bits per heavy atom. The number of hydrogen-bond donors (Lipinski definition) is 0. The van der Waals surface area contributed by atoms with Gasteiger partial charge in [-0.3, -0.25) is 4.90 Å². The van der Waals surface area contributed by atoms with Gasteiger partial charge in [0.15, 0.2) is 0 Å². The van der Waals surface area contributed by atoms with Gasteiger partial charge in [0, 0.05) is 32.2 Å². The van der Waals surface area contributed by atoms with Gasteiger partial charge in [0.25, 0.3) is 0 Å². The normalized spacial score (nSPS) is 24.1. The molecule has 0 bridgehead atoms. The van der Waals surface area contributed by atoms with Crippen LogP contribution in [0.5, 0.6) is 0 Å². The van der Waals surface area contributed by atoms with Gasteiger partial charge in [0.1, 0.15) is 6.61 Å². The molecule has 1 spiro atoms. The minimum Gasteiger partial charge on any atom is -0.445 e. The van der Waals surface area contributed by atoms with E-state index in [2.05, 4.69) is 4.90 Å². The summed E-state index contributed by atoms with van der Waals surface area (Å²) in [6.07, 6.45) is 9.85. The molecule has 0 N–H and O–H groups in total. The zero-order chi connectivity index (χ0) is 17.1. The number of rotatable bonds is 3. The fraction of sp³-hybridized carbons (Fsp3) is 0.667. The maximum Gasteiger partial charge on any atom is 0.410 e. The molecule has 25 heavy (non-hydrogen) atoms. The summed E-state index contributed by atoms with van der Waals surface area (Å²) in [5.41, 5.74) is 1.73.